The largest absolute Gasteiger partial charge is 0.493 e. The van der Waals surface area contributed by atoms with E-state index in [1.165, 1.54) is 64.2 Å². The number of nitrogens with one attached hydrogen (secondary N) is 1. The quantitative estimate of drug-likeness (QED) is 0.190. The van der Waals surface area contributed by atoms with Crippen LogP contribution in [0.4, 0.5) is 0 Å². The van der Waals surface area contributed by atoms with Crippen LogP contribution in [0.5, 0.6) is 11.5 Å². The third kappa shape index (κ3) is 12.6. The van der Waals surface area contributed by atoms with Crippen molar-refractivity contribution in [1.29, 1.82) is 0 Å². The van der Waals surface area contributed by atoms with Crippen molar-refractivity contribution in [2.75, 3.05) is 13.7 Å². The molecule has 0 heterocycles. The molecule has 31 heavy (non-hydrogen) atoms. The minimum absolute atomic E-state index is 0.0767. The molecule has 1 amide bonds. The zero-order valence-corrected chi connectivity index (χ0v) is 20.2. The molecule has 0 bridgehead atoms. The Kier molecular flexibility index (Phi) is 15.7. The molecule has 1 unspecified atom stereocenters. The molecule has 3 N–H and O–H groups in total. The van der Waals surface area contributed by atoms with Crippen LogP contribution in [0.25, 0.3) is 0 Å². The van der Waals surface area contributed by atoms with E-state index in [-0.39, 0.29) is 12.1 Å². The first-order valence-electron chi connectivity index (χ1n) is 12.5. The molecule has 1 atom stereocenters. The van der Waals surface area contributed by atoms with Crippen molar-refractivity contribution in [3.63, 3.8) is 0 Å². The molecule has 1 aromatic carbocycles. The van der Waals surface area contributed by atoms with Gasteiger partial charge in [0.15, 0.2) is 11.5 Å². The molecule has 0 radical (unpaired) electrons. The van der Waals surface area contributed by atoms with Crippen LogP contribution in [0.15, 0.2) is 18.2 Å². The highest BCUT2D eigenvalue weighted by atomic mass is 16.5. The average Bonchev–Trinajstić information content (AvgIpc) is 2.78. The Labute approximate surface area is 190 Å². The van der Waals surface area contributed by atoms with E-state index < -0.39 is 0 Å². The first-order chi connectivity index (χ1) is 15.1. The van der Waals surface area contributed by atoms with Gasteiger partial charge in [0, 0.05) is 12.1 Å². The van der Waals surface area contributed by atoms with Crippen LogP contribution in [0.1, 0.15) is 114 Å². The molecule has 1 rings (SSSR count). The van der Waals surface area contributed by atoms with E-state index in [0.29, 0.717) is 23.6 Å². The van der Waals surface area contributed by atoms with Crippen molar-refractivity contribution in [2.24, 2.45) is 5.73 Å². The lowest BCUT2D eigenvalue weighted by Gasteiger charge is -2.17. The van der Waals surface area contributed by atoms with Gasteiger partial charge >= 0.3 is 0 Å². The predicted octanol–water partition coefficient (Wildman–Crippen LogP) is 6.59. The molecule has 0 saturated carbocycles. The van der Waals surface area contributed by atoms with Crippen molar-refractivity contribution in [3.8, 4) is 11.5 Å². The van der Waals surface area contributed by atoms with Crippen molar-refractivity contribution in [1.82, 2.24) is 5.32 Å². The number of benzene rings is 1. The van der Waals surface area contributed by atoms with E-state index in [1.807, 2.05) is 0 Å². The Balaban J connectivity index is 2.36. The van der Waals surface area contributed by atoms with Crippen LogP contribution < -0.4 is 20.5 Å². The summed E-state index contributed by atoms with van der Waals surface area (Å²) in [6.07, 6.45) is 16.4. The molecule has 0 spiro atoms. The Morgan fingerprint density at radius 1 is 0.871 bits per heavy atom. The van der Waals surface area contributed by atoms with E-state index in [0.717, 1.165) is 25.7 Å². The van der Waals surface area contributed by atoms with Crippen molar-refractivity contribution in [2.45, 2.75) is 110 Å². The Bertz CT molecular complexity index is 592. The van der Waals surface area contributed by atoms with E-state index in [9.17, 15) is 4.79 Å². The van der Waals surface area contributed by atoms with Gasteiger partial charge < -0.3 is 14.8 Å². The van der Waals surface area contributed by atoms with Gasteiger partial charge in [-0.1, -0.05) is 84.5 Å². The van der Waals surface area contributed by atoms with E-state index in [4.69, 9.17) is 15.2 Å². The summed E-state index contributed by atoms with van der Waals surface area (Å²) >= 11 is 0. The summed E-state index contributed by atoms with van der Waals surface area (Å²) in [5, 5.41) is 3.00. The zero-order chi connectivity index (χ0) is 22.7. The predicted molar refractivity (Wildman–Crippen MR) is 130 cm³/mol. The van der Waals surface area contributed by atoms with E-state index >= 15 is 0 Å². The number of carbonyl (C=O) groups excluding carboxylic acids is 1. The molecular formula is C26H46N2O3. The first kappa shape index (κ1) is 27.3. The number of carbonyl (C=O) groups is 1. The molecule has 5 heteroatoms. The summed E-state index contributed by atoms with van der Waals surface area (Å²) < 4.78 is 11.3. The van der Waals surface area contributed by atoms with Gasteiger partial charge in [0.25, 0.3) is 5.91 Å². The second kappa shape index (κ2) is 17.9. The lowest BCUT2D eigenvalue weighted by atomic mass is 10.1. The smallest absolute Gasteiger partial charge is 0.251 e. The highest BCUT2D eigenvalue weighted by Crippen LogP contribution is 2.29. The minimum Gasteiger partial charge on any atom is -0.493 e. The second-order valence-corrected chi connectivity index (χ2v) is 8.46. The van der Waals surface area contributed by atoms with Crippen LogP contribution in [0.2, 0.25) is 0 Å². The molecule has 0 fully saturated rings. The number of rotatable bonds is 19. The normalized spacial score (nSPS) is 11.9. The maximum atomic E-state index is 12.4. The molecule has 1 aromatic rings. The van der Waals surface area contributed by atoms with Gasteiger partial charge in [-0.15, -0.1) is 0 Å². The summed E-state index contributed by atoms with van der Waals surface area (Å²) in [7, 11) is 1.58. The van der Waals surface area contributed by atoms with Crippen molar-refractivity contribution < 1.29 is 14.3 Å². The Morgan fingerprint density at radius 2 is 1.45 bits per heavy atom. The summed E-state index contributed by atoms with van der Waals surface area (Å²) in [6.45, 7) is 5.16. The molecule has 0 aliphatic rings. The van der Waals surface area contributed by atoms with Gasteiger partial charge in [-0.25, -0.2) is 0 Å². The van der Waals surface area contributed by atoms with Crippen molar-refractivity contribution >= 4 is 5.91 Å². The van der Waals surface area contributed by atoms with Crippen molar-refractivity contribution in [3.05, 3.63) is 23.8 Å². The second-order valence-electron chi connectivity index (χ2n) is 8.46. The van der Waals surface area contributed by atoms with Gasteiger partial charge in [0.05, 0.1) is 7.11 Å². The van der Waals surface area contributed by atoms with Gasteiger partial charge in [-0.3, -0.25) is 10.5 Å². The number of hydrogen-bond donors (Lipinski definition) is 2. The lowest BCUT2D eigenvalue weighted by Crippen LogP contribution is -2.27. The fourth-order valence-electron chi connectivity index (χ4n) is 3.64. The summed E-state index contributed by atoms with van der Waals surface area (Å²) in [6, 6.07) is 5.28. The molecule has 0 saturated heterocycles. The van der Waals surface area contributed by atoms with E-state index in [2.05, 4.69) is 19.2 Å². The first-order valence-corrected chi connectivity index (χ1v) is 12.5. The maximum absolute atomic E-state index is 12.4. The fraction of sp³-hybridized carbons (Fsp3) is 0.731. The van der Waals surface area contributed by atoms with Crippen LogP contribution in [-0.4, -0.2) is 25.8 Å². The summed E-state index contributed by atoms with van der Waals surface area (Å²) in [4.78, 5) is 12.4. The molecule has 0 aromatic heterocycles. The van der Waals surface area contributed by atoms with Crippen LogP contribution in [0.3, 0.4) is 0 Å². The highest BCUT2D eigenvalue weighted by molar-refractivity contribution is 5.94. The lowest BCUT2D eigenvalue weighted by molar-refractivity contribution is 0.0952. The summed E-state index contributed by atoms with van der Waals surface area (Å²) in [5.41, 5.74) is 6.72. The third-order valence-electron chi connectivity index (χ3n) is 5.61. The topological polar surface area (TPSA) is 73.6 Å². The van der Waals surface area contributed by atoms with Gasteiger partial charge in [0.2, 0.25) is 0 Å². The molecule has 178 valence electrons. The SMILES string of the molecule is CCCCCCCCCNC(=O)c1ccc(OC(N)CCCCCCCC)c(OC)c1. The van der Waals surface area contributed by atoms with E-state index in [1.54, 1.807) is 25.3 Å². The van der Waals surface area contributed by atoms with Crippen LogP contribution in [0, 0.1) is 0 Å². The highest BCUT2D eigenvalue weighted by Gasteiger charge is 2.13. The average molecular weight is 435 g/mol. The number of methoxy groups -OCH3 is 1. The fourth-order valence-corrected chi connectivity index (χ4v) is 3.64. The summed E-state index contributed by atoms with van der Waals surface area (Å²) in [5.74, 6) is 1.05. The van der Waals surface area contributed by atoms with Gasteiger partial charge in [0.1, 0.15) is 6.23 Å². The zero-order valence-electron chi connectivity index (χ0n) is 20.2. The minimum atomic E-state index is -0.364. The monoisotopic (exact) mass is 434 g/mol. The number of ether oxygens (including phenoxy) is 2. The van der Waals surface area contributed by atoms with Crippen LogP contribution >= 0.6 is 0 Å². The number of nitrogens with two attached hydrogens (primary N) is 1. The number of hydrogen-bond acceptors (Lipinski definition) is 4. The number of unbranched alkanes of at least 4 members (excludes halogenated alkanes) is 11. The molecular weight excluding hydrogens is 388 g/mol. The Hall–Kier alpha value is -1.75. The molecule has 0 aliphatic heterocycles. The Morgan fingerprint density at radius 3 is 2.06 bits per heavy atom. The third-order valence-corrected chi connectivity index (χ3v) is 5.61. The number of amides is 1. The maximum Gasteiger partial charge on any atom is 0.251 e. The molecule has 0 aliphatic carbocycles. The molecule has 5 nitrogen and oxygen atoms in total. The van der Waals surface area contributed by atoms with Crippen LogP contribution in [-0.2, 0) is 0 Å². The van der Waals surface area contributed by atoms with Gasteiger partial charge in [-0.2, -0.15) is 0 Å². The standard InChI is InChI=1S/C26H46N2O3/c1-4-6-8-10-12-14-16-20-28-26(29)22-18-19-23(24(21-22)30-3)31-25(27)17-15-13-11-9-7-5-2/h18-19,21,25H,4-17,20,27H2,1-3H3,(H,28,29). The van der Waals surface area contributed by atoms with Gasteiger partial charge in [-0.05, 0) is 37.5 Å².